The second-order valence-corrected chi connectivity index (χ2v) is 3.33. The van der Waals surface area contributed by atoms with Gasteiger partial charge in [-0.1, -0.05) is 13.0 Å². The largest absolute Gasteiger partial charge is 0.467 e. The van der Waals surface area contributed by atoms with Crippen LogP contribution in [0.4, 0.5) is 0 Å². The van der Waals surface area contributed by atoms with Crippen molar-refractivity contribution < 1.29 is 9.15 Å². The van der Waals surface area contributed by atoms with Crippen LogP contribution in [-0.4, -0.2) is 13.2 Å². The lowest BCUT2D eigenvalue weighted by molar-refractivity contribution is 0.110. The molecule has 3 heteroatoms. The molecular weight excluding hydrogens is 190 g/mol. The minimum atomic E-state index is 0.542. The van der Waals surface area contributed by atoms with Gasteiger partial charge in [0.05, 0.1) is 12.9 Å². The summed E-state index contributed by atoms with van der Waals surface area (Å²) >= 11 is 0. The first-order chi connectivity index (χ1) is 7.36. The Bertz CT molecular complexity index is 281. The number of hydrogen-bond acceptors (Lipinski definition) is 3. The molecule has 0 unspecified atom stereocenters. The highest BCUT2D eigenvalue weighted by atomic mass is 16.5. The van der Waals surface area contributed by atoms with E-state index in [4.69, 9.17) is 9.15 Å². The van der Waals surface area contributed by atoms with Gasteiger partial charge < -0.3 is 14.5 Å². The summed E-state index contributed by atoms with van der Waals surface area (Å²) in [6, 6.07) is 2.02. The Labute approximate surface area is 91.1 Å². The summed E-state index contributed by atoms with van der Waals surface area (Å²) in [5, 5.41) is 3.24. The molecule has 1 aromatic rings. The zero-order chi connectivity index (χ0) is 10.9. The van der Waals surface area contributed by atoms with Crippen molar-refractivity contribution in [3.05, 3.63) is 36.3 Å². The Kier molecular flexibility index (Phi) is 5.81. The van der Waals surface area contributed by atoms with Gasteiger partial charge in [0.25, 0.3) is 0 Å². The van der Waals surface area contributed by atoms with Gasteiger partial charge in [0.15, 0.2) is 0 Å². The highest BCUT2D eigenvalue weighted by molar-refractivity contribution is 5.11. The van der Waals surface area contributed by atoms with E-state index in [9.17, 15) is 0 Å². The molecule has 0 saturated heterocycles. The number of nitrogens with one attached hydrogen (secondary N) is 1. The summed E-state index contributed by atoms with van der Waals surface area (Å²) in [6.07, 6.45) is 4.50. The van der Waals surface area contributed by atoms with Crippen LogP contribution in [0.15, 0.2) is 29.4 Å². The maximum atomic E-state index is 5.39. The molecule has 0 aromatic carbocycles. The molecule has 0 bridgehead atoms. The minimum Gasteiger partial charge on any atom is -0.467 e. The van der Waals surface area contributed by atoms with Crippen LogP contribution in [0.1, 0.15) is 24.7 Å². The quantitative estimate of drug-likeness (QED) is 0.527. The molecule has 1 N–H and O–H groups in total. The fraction of sp³-hybridized carbons (Fsp3) is 0.500. The number of furan rings is 1. The molecule has 0 aliphatic carbocycles. The Hall–Kier alpha value is -1.06. The molecule has 0 radical (unpaired) electrons. The predicted molar refractivity (Wildman–Crippen MR) is 60.6 cm³/mol. The number of rotatable bonds is 8. The third-order valence-electron chi connectivity index (χ3n) is 2.00. The van der Waals surface area contributed by atoms with Crippen LogP contribution >= 0.6 is 0 Å². The van der Waals surface area contributed by atoms with E-state index in [1.54, 1.807) is 6.26 Å². The molecule has 0 atom stereocenters. The monoisotopic (exact) mass is 209 g/mol. The number of ether oxygens (including phenoxy) is 1. The van der Waals surface area contributed by atoms with Gasteiger partial charge in [-0.3, -0.25) is 0 Å². The van der Waals surface area contributed by atoms with Crippen LogP contribution in [0.25, 0.3) is 0 Å². The molecule has 84 valence electrons. The molecule has 15 heavy (non-hydrogen) atoms. The molecule has 1 rings (SSSR count). The average Bonchev–Trinajstić information content (AvgIpc) is 2.69. The highest BCUT2D eigenvalue weighted by Gasteiger charge is 2.00. The first kappa shape index (κ1) is 12.0. The molecule has 0 saturated carbocycles. The standard InChI is InChI=1S/C12H19NO2/c1-3-5-6-14-10-12-7-11(9-15-12)8-13-4-2/h3,7,9,13H,1,4-6,8,10H2,2H3. The van der Waals surface area contributed by atoms with Gasteiger partial charge >= 0.3 is 0 Å². The summed E-state index contributed by atoms with van der Waals surface area (Å²) in [5.74, 6) is 0.881. The van der Waals surface area contributed by atoms with E-state index in [-0.39, 0.29) is 0 Å². The van der Waals surface area contributed by atoms with Crippen molar-refractivity contribution in [2.45, 2.75) is 26.5 Å². The molecule has 0 aliphatic rings. The molecule has 0 aliphatic heterocycles. The smallest absolute Gasteiger partial charge is 0.129 e. The van der Waals surface area contributed by atoms with E-state index in [1.165, 1.54) is 5.56 Å². The first-order valence-corrected chi connectivity index (χ1v) is 5.32. The fourth-order valence-electron chi connectivity index (χ4n) is 1.20. The van der Waals surface area contributed by atoms with Gasteiger partial charge in [0, 0.05) is 12.1 Å². The first-order valence-electron chi connectivity index (χ1n) is 5.32. The van der Waals surface area contributed by atoms with Gasteiger partial charge in [0.1, 0.15) is 12.4 Å². The zero-order valence-corrected chi connectivity index (χ0v) is 9.29. The maximum absolute atomic E-state index is 5.39. The molecule has 1 aromatic heterocycles. The summed E-state index contributed by atoms with van der Waals surface area (Å²) in [6.45, 7) is 8.78. The SMILES string of the molecule is C=CCCOCc1cc(CNCC)co1. The van der Waals surface area contributed by atoms with Crippen molar-refractivity contribution in [3.63, 3.8) is 0 Å². The number of hydrogen-bond donors (Lipinski definition) is 1. The van der Waals surface area contributed by atoms with Gasteiger partial charge in [-0.15, -0.1) is 6.58 Å². The van der Waals surface area contributed by atoms with Crippen molar-refractivity contribution in [2.75, 3.05) is 13.2 Å². The van der Waals surface area contributed by atoms with E-state index in [0.29, 0.717) is 13.2 Å². The molecule has 0 spiro atoms. The second-order valence-electron chi connectivity index (χ2n) is 3.33. The van der Waals surface area contributed by atoms with Crippen molar-refractivity contribution in [2.24, 2.45) is 0 Å². The summed E-state index contributed by atoms with van der Waals surface area (Å²) < 4.78 is 10.7. The molecule has 3 nitrogen and oxygen atoms in total. The Morgan fingerprint density at radius 1 is 1.60 bits per heavy atom. The van der Waals surface area contributed by atoms with E-state index < -0.39 is 0 Å². The summed E-state index contributed by atoms with van der Waals surface area (Å²) in [7, 11) is 0. The topological polar surface area (TPSA) is 34.4 Å². The van der Waals surface area contributed by atoms with Crippen LogP contribution in [0.5, 0.6) is 0 Å². The predicted octanol–water partition coefficient (Wildman–Crippen LogP) is 2.48. The molecule has 0 amide bonds. The van der Waals surface area contributed by atoms with Crippen molar-refractivity contribution in [3.8, 4) is 0 Å². The van der Waals surface area contributed by atoms with Crippen LogP contribution in [-0.2, 0) is 17.9 Å². The highest BCUT2D eigenvalue weighted by Crippen LogP contribution is 2.08. The van der Waals surface area contributed by atoms with Crippen LogP contribution in [0.2, 0.25) is 0 Å². The molecular formula is C12H19NO2. The summed E-state index contributed by atoms with van der Waals surface area (Å²) in [5.41, 5.74) is 1.17. The Morgan fingerprint density at radius 2 is 2.47 bits per heavy atom. The van der Waals surface area contributed by atoms with E-state index in [0.717, 1.165) is 25.3 Å². The second kappa shape index (κ2) is 7.26. The Balaban J connectivity index is 2.23. The van der Waals surface area contributed by atoms with E-state index in [1.807, 2.05) is 12.1 Å². The molecule has 1 heterocycles. The fourth-order valence-corrected chi connectivity index (χ4v) is 1.20. The third kappa shape index (κ3) is 4.81. The lowest BCUT2D eigenvalue weighted by atomic mass is 10.3. The Morgan fingerprint density at radius 3 is 3.20 bits per heavy atom. The lowest BCUT2D eigenvalue weighted by Crippen LogP contribution is -2.10. The van der Waals surface area contributed by atoms with Crippen molar-refractivity contribution >= 4 is 0 Å². The van der Waals surface area contributed by atoms with Gasteiger partial charge in [-0.05, 0) is 19.0 Å². The van der Waals surface area contributed by atoms with Gasteiger partial charge in [-0.25, -0.2) is 0 Å². The van der Waals surface area contributed by atoms with Gasteiger partial charge in [-0.2, -0.15) is 0 Å². The van der Waals surface area contributed by atoms with Crippen molar-refractivity contribution in [1.82, 2.24) is 5.32 Å². The third-order valence-corrected chi connectivity index (χ3v) is 2.00. The average molecular weight is 209 g/mol. The van der Waals surface area contributed by atoms with Crippen LogP contribution in [0.3, 0.4) is 0 Å². The van der Waals surface area contributed by atoms with Crippen LogP contribution < -0.4 is 5.32 Å². The maximum Gasteiger partial charge on any atom is 0.129 e. The lowest BCUT2D eigenvalue weighted by Gasteiger charge is -1.98. The summed E-state index contributed by atoms with van der Waals surface area (Å²) in [4.78, 5) is 0. The van der Waals surface area contributed by atoms with Gasteiger partial charge in [0.2, 0.25) is 0 Å². The van der Waals surface area contributed by atoms with Crippen molar-refractivity contribution in [1.29, 1.82) is 0 Å². The normalized spacial score (nSPS) is 10.5. The van der Waals surface area contributed by atoms with Crippen LogP contribution in [0, 0.1) is 0 Å². The molecule has 0 fully saturated rings. The zero-order valence-electron chi connectivity index (χ0n) is 9.29. The van der Waals surface area contributed by atoms with E-state index in [2.05, 4.69) is 18.8 Å². The van der Waals surface area contributed by atoms with E-state index >= 15 is 0 Å². The minimum absolute atomic E-state index is 0.542.